The van der Waals surface area contributed by atoms with Gasteiger partial charge in [-0.05, 0) is 24.6 Å². The maximum absolute atomic E-state index is 11.4. The summed E-state index contributed by atoms with van der Waals surface area (Å²) in [7, 11) is -2.87. The Bertz CT molecular complexity index is 675. The molecule has 1 aromatic heterocycles. The number of rotatable bonds is 1. The van der Waals surface area contributed by atoms with Crippen molar-refractivity contribution in [2.75, 3.05) is 17.2 Å². The number of nitrogen functional groups attached to an aromatic ring is 1. The Balaban J connectivity index is 2.02. The molecule has 0 radical (unpaired) electrons. The Morgan fingerprint density at radius 3 is 2.94 bits per heavy atom. The lowest BCUT2D eigenvalue weighted by molar-refractivity contribution is 0.601. The molecule has 17 heavy (non-hydrogen) atoms. The predicted molar refractivity (Wildman–Crippen MR) is 66.5 cm³/mol. The van der Waals surface area contributed by atoms with Gasteiger partial charge < -0.3 is 10.7 Å². The molecule has 1 unspecified atom stereocenters. The van der Waals surface area contributed by atoms with Crippen molar-refractivity contribution >= 4 is 26.6 Å². The van der Waals surface area contributed by atoms with Crippen LogP contribution in [0.5, 0.6) is 0 Å². The minimum Gasteiger partial charge on any atom is -0.399 e. The van der Waals surface area contributed by atoms with Gasteiger partial charge in [0, 0.05) is 11.6 Å². The molecule has 0 saturated carbocycles. The number of anilines is 1. The third kappa shape index (κ3) is 1.88. The first-order valence-corrected chi connectivity index (χ1v) is 7.31. The molecule has 3 rings (SSSR count). The van der Waals surface area contributed by atoms with Gasteiger partial charge in [-0.1, -0.05) is 0 Å². The molecule has 0 bridgehead atoms. The van der Waals surface area contributed by atoms with Crippen LogP contribution in [0.3, 0.4) is 0 Å². The van der Waals surface area contributed by atoms with Gasteiger partial charge >= 0.3 is 0 Å². The van der Waals surface area contributed by atoms with Crippen LogP contribution in [0.25, 0.3) is 11.0 Å². The first kappa shape index (κ1) is 10.6. The smallest absolute Gasteiger partial charge is 0.151 e. The van der Waals surface area contributed by atoms with E-state index in [4.69, 9.17) is 5.73 Å². The monoisotopic (exact) mass is 251 g/mol. The molecule has 1 atom stereocenters. The fraction of sp³-hybridized carbons (Fsp3) is 0.364. The lowest BCUT2D eigenvalue weighted by Gasteiger charge is -2.01. The SMILES string of the molecule is Nc1ccc2nc(C3CCS(=O)(=O)C3)[nH]c2c1. The van der Waals surface area contributed by atoms with E-state index in [0.29, 0.717) is 12.1 Å². The molecule has 0 aliphatic carbocycles. The van der Waals surface area contributed by atoms with E-state index in [-0.39, 0.29) is 17.4 Å². The van der Waals surface area contributed by atoms with E-state index < -0.39 is 9.84 Å². The summed E-state index contributed by atoms with van der Waals surface area (Å²) in [6.07, 6.45) is 0.650. The van der Waals surface area contributed by atoms with Crippen LogP contribution >= 0.6 is 0 Å². The van der Waals surface area contributed by atoms with Gasteiger partial charge in [0.1, 0.15) is 5.82 Å². The summed E-state index contributed by atoms with van der Waals surface area (Å²) in [6, 6.07) is 5.45. The Morgan fingerprint density at radius 2 is 2.24 bits per heavy atom. The number of benzene rings is 1. The van der Waals surface area contributed by atoms with Crippen molar-refractivity contribution < 1.29 is 8.42 Å². The van der Waals surface area contributed by atoms with Crippen LogP contribution in [0.4, 0.5) is 5.69 Å². The van der Waals surface area contributed by atoms with E-state index in [2.05, 4.69) is 9.97 Å². The summed E-state index contributed by atoms with van der Waals surface area (Å²) in [5, 5.41) is 0. The number of sulfone groups is 1. The number of hydrogen-bond acceptors (Lipinski definition) is 4. The van der Waals surface area contributed by atoms with E-state index in [9.17, 15) is 8.42 Å². The fourth-order valence-corrected chi connectivity index (χ4v) is 4.00. The molecule has 0 amide bonds. The third-order valence-corrected chi connectivity index (χ3v) is 4.91. The van der Waals surface area contributed by atoms with Crippen molar-refractivity contribution in [3.05, 3.63) is 24.0 Å². The summed E-state index contributed by atoms with van der Waals surface area (Å²) >= 11 is 0. The van der Waals surface area contributed by atoms with Crippen LogP contribution in [-0.2, 0) is 9.84 Å². The molecule has 90 valence electrons. The number of hydrogen-bond donors (Lipinski definition) is 2. The molecule has 6 heteroatoms. The Hall–Kier alpha value is -1.56. The van der Waals surface area contributed by atoms with E-state index in [1.165, 1.54) is 0 Å². The maximum Gasteiger partial charge on any atom is 0.151 e. The summed E-state index contributed by atoms with van der Waals surface area (Å²) in [6.45, 7) is 0. The van der Waals surface area contributed by atoms with Crippen molar-refractivity contribution in [2.24, 2.45) is 0 Å². The molecule has 1 fully saturated rings. The number of fused-ring (bicyclic) bond motifs is 1. The molecule has 2 heterocycles. The van der Waals surface area contributed by atoms with Gasteiger partial charge in [-0.15, -0.1) is 0 Å². The molecule has 1 aromatic carbocycles. The zero-order chi connectivity index (χ0) is 12.0. The first-order chi connectivity index (χ1) is 8.03. The largest absolute Gasteiger partial charge is 0.399 e. The van der Waals surface area contributed by atoms with Gasteiger partial charge in [0.25, 0.3) is 0 Å². The van der Waals surface area contributed by atoms with Crippen LogP contribution in [0.1, 0.15) is 18.2 Å². The second kappa shape index (κ2) is 3.46. The second-order valence-electron chi connectivity index (χ2n) is 4.50. The highest BCUT2D eigenvalue weighted by atomic mass is 32.2. The zero-order valence-electron chi connectivity index (χ0n) is 9.18. The van der Waals surface area contributed by atoms with Crippen molar-refractivity contribution in [3.63, 3.8) is 0 Å². The normalized spacial score (nSPS) is 23.2. The first-order valence-electron chi connectivity index (χ1n) is 5.49. The average molecular weight is 251 g/mol. The minimum absolute atomic E-state index is 0.00590. The molecule has 2 aromatic rings. The van der Waals surface area contributed by atoms with E-state index in [1.807, 2.05) is 12.1 Å². The summed E-state index contributed by atoms with van der Waals surface area (Å²) in [5.74, 6) is 1.21. The number of aromatic nitrogens is 2. The summed E-state index contributed by atoms with van der Waals surface area (Å²) in [5.41, 5.74) is 8.06. The highest BCUT2D eigenvalue weighted by Gasteiger charge is 2.30. The zero-order valence-corrected chi connectivity index (χ0v) is 10.00. The number of aromatic amines is 1. The standard InChI is InChI=1S/C11H13N3O2S/c12-8-1-2-9-10(5-8)14-11(13-9)7-3-4-17(15,16)6-7/h1-2,5,7H,3-4,6,12H2,(H,13,14). The van der Waals surface area contributed by atoms with Crippen molar-refractivity contribution in [1.29, 1.82) is 0 Å². The average Bonchev–Trinajstić information content (AvgIpc) is 2.80. The quantitative estimate of drug-likeness (QED) is 0.741. The number of imidazole rings is 1. The molecule has 1 saturated heterocycles. The Labute approximate surface area is 99.0 Å². The molecule has 1 aliphatic heterocycles. The Morgan fingerprint density at radius 1 is 1.41 bits per heavy atom. The number of nitrogens with two attached hydrogens (primary N) is 1. The van der Waals surface area contributed by atoms with Crippen molar-refractivity contribution in [3.8, 4) is 0 Å². The van der Waals surface area contributed by atoms with Crippen LogP contribution in [-0.4, -0.2) is 29.9 Å². The highest BCUT2D eigenvalue weighted by molar-refractivity contribution is 7.91. The second-order valence-corrected chi connectivity index (χ2v) is 6.73. The third-order valence-electron chi connectivity index (χ3n) is 3.14. The molecule has 5 nitrogen and oxygen atoms in total. The van der Waals surface area contributed by atoms with Crippen LogP contribution in [0, 0.1) is 0 Å². The summed E-state index contributed by atoms with van der Waals surface area (Å²) < 4.78 is 22.8. The maximum atomic E-state index is 11.4. The minimum atomic E-state index is -2.87. The van der Waals surface area contributed by atoms with E-state index in [1.54, 1.807) is 6.07 Å². The number of nitrogens with one attached hydrogen (secondary N) is 1. The molecular formula is C11H13N3O2S. The van der Waals surface area contributed by atoms with Gasteiger partial charge in [0.15, 0.2) is 9.84 Å². The highest BCUT2D eigenvalue weighted by Crippen LogP contribution is 2.28. The van der Waals surface area contributed by atoms with E-state index >= 15 is 0 Å². The van der Waals surface area contributed by atoms with Gasteiger partial charge in [0.05, 0.1) is 22.5 Å². The van der Waals surface area contributed by atoms with Gasteiger partial charge in [-0.25, -0.2) is 13.4 Å². The van der Waals surface area contributed by atoms with Crippen LogP contribution in [0.2, 0.25) is 0 Å². The molecule has 1 aliphatic rings. The molecule has 0 spiro atoms. The predicted octanol–water partition coefficient (Wildman–Crippen LogP) is 1.05. The number of nitrogens with zero attached hydrogens (tertiary/aromatic N) is 1. The topological polar surface area (TPSA) is 88.8 Å². The van der Waals surface area contributed by atoms with Crippen LogP contribution in [0.15, 0.2) is 18.2 Å². The number of H-pyrrole nitrogens is 1. The van der Waals surface area contributed by atoms with Crippen molar-refractivity contribution in [2.45, 2.75) is 12.3 Å². The van der Waals surface area contributed by atoms with Crippen molar-refractivity contribution in [1.82, 2.24) is 9.97 Å². The van der Waals surface area contributed by atoms with Gasteiger partial charge in [-0.3, -0.25) is 0 Å². The molecule has 3 N–H and O–H groups in total. The van der Waals surface area contributed by atoms with Gasteiger partial charge in [0.2, 0.25) is 0 Å². The van der Waals surface area contributed by atoms with Gasteiger partial charge in [-0.2, -0.15) is 0 Å². The lowest BCUT2D eigenvalue weighted by atomic mass is 10.1. The lowest BCUT2D eigenvalue weighted by Crippen LogP contribution is -2.04. The molecular weight excluding hydrogens is 238 g/mol. The Kier molecular flexibility index (Phi) is 2.16. The van der Waals surface area contributed by atoms with E-state index in [0.717, 1.165) is 16.9 Å². The summed E-state index contributed by atoms with van der Waals surface area (Å²) in [4.78, 5) is 7.59. The van der Waals surface area contributed by atoms with Crippen LogP contribution < -0.4 is 5.73 Å². The fourth-order valence-electron chi connectivity index (χ4n) is 2.25.